The summed E-state index contributed by atoms with van der Waals surface area (Å²) in [7, 11) is 1.65. The highest BCUT2D eigenvalue weighted by Crippen LogP contribution is 2.29. The zero-order valence-corrected chi connectivity index (χ0v) is 11.6. The highest BCUT2D eigenvalue weighted by Gasteiger charge is 2.43. The molecular weight excluding hydrogens is 260 g/mol. The van der Waals surface area contributed by atoms with E-state index in [-0.39, 0.29) is 18.9 Å². The molecule has 110 valence electrons. The molecule has 20 heavy (non-hydrogen) atoms. The topological polar surface area (TPSA) is 49.5 Å². The molecule has 1 unspecified atom stereocenters. The maximum atomic E-state index is 5.65. The van der Waals surface area contributed by atoms with Gasteiger partial charge in [0.1, 0.15) is 5.75 Å². The van der Waals surface area contributed by atoms with Crippen LogP contribution < -0.4 is 4.74 Å². The van der Waals surface area contributed by atoms with Crippen molar-refractivity contribution in [2.75, 3.05) is 13.7 Å². The van der Waals surface area contributed by atoms with E-state index in [4.69, 9.17) is 23.7 Å². The Bertz CT molecular complexity index is 413. The molecule has 2 aliphatic rings. The second-order valence-corrected chi connectivity index (χ2v) is 4.96. The predicted octanol–water partition coefficient (Wildman–Crippen LogP) is 2.44. The lowest BCUT2D eigenvalue weighted by Gasteiger charge is -2.21. The molecule has 2 fully saturated rings. The van der Waals surface area contributed by atoms with E-state index in [1.807, 2.05) is 24.3 Å². The minimum atomic E-state index is -0.281. The fourth-order valence-electron chi connectivity index (χ4n) is 2.17. The molecule has 3 rings (SSSR count). The molecule has 0 N–H and O–H groups in total. The molecule has 1 aromatic carbocycles. The van der Waals surface area contributed by atoms with Crippen LogP contribution in [0.25, 0.3) is 0 Å². The van der Waals surface area contributed by atoms with Crippen molar-refractivity contribution in [3.05, 3.63) is 29.8 Å². The van der Waals surface area contributed by atoms with Crippen LogP contribution >= 0.6 is 0 Å². The van der Waals surface area contributed by atoms with Gasteiger partial charge in [0.25, 0.3) is 0 Å². The predicted molar refractivity (Wildman–Crippen MR) is 71.1 cm³/mol. The summed E-state index contributed by atoms with van der Waals surface area (Å²) < 4.78 is 27.2. The summed E-state index contributed by atoms with van der Waals surface area (Å²) in [5.74, 6) is 0.840. The summed E-state index contributed by atoms with van der Waals surface area (Å²) in [5.41, 5.74) is 1.08. The van der Waals surface area contributed by atoms with Crippen molar-refractivity contribution in [1.82, 2.24) is 0 Å². The average Bonchev–Trinajstić information content (AvgIpc) is 3.25. The van der Waals surface area contributed by atoms with Gasteiger partial charge in [-0.3, -0.25) is 0 Å². The molecule has 0 amide bonds. The van der Waals surface area contributed by atoms with Gasteiger partial charge in [0.05, 0.1) is 13.7 Å². The van der Waals surface area contributed by atoms with E-state index in [0.29, 0.717) is 6.61 Å². The Morgan fingerprint density at radius 3 is 2.70 bits per heavy atom. The monoisotopic (exact) mass is 280 g/mol. The van der Waals surface area contributed by atoms with E-state index in [9.17, 15) is 0 Å². The lowest BCUT2D eigenvalue weighted by atomic mass is 10.2. The fourth-order valence-corrected chi connectivity index (χ4v) is 2.17. The highest BCUT2D eigenvalue weighted by molar-refractivity contribution is 5.26. The molecule has 0 radical (unpaired) electrons. The third-order valence-electron chi connectivity index (χ3n) is 3.41. The minimum absolute atomic E-state index is 0.136. The largest absolute Gasteiger partial charge is 0.497 e. The maximum absolute atomic E-state index is 5.65. The minimum Gasteiger partial charge on any atom is -0.497 e. The van der Waals surface area contributed by atoms with E-state index in [1.165, 1.54) is 0 Å². The summed E-state index contributed by atoms with van der Waals surface area (Å²) in [6.45, 7) is 1.27. The lowest BCUT2D eigenvalue weighted by Crippen LogP contribution is -2.24. The Morgan fingerprint density at radius 1 is 1.15 bits per heavy atom. The number of methoxy groups -OCH3 is 1. The lowest BCUT2D eigenvalue weighted by molar-refractivity contribution is -0.186. The van der Waals surface area contributed by atoms with Crippen molar-refractivity contribution in [2.24, 2.45) is 0 Å². The SMILES string of the molecule is COc1ccc(CO[C@H]2O[C@H]2OC2CCCCO2)cc1. The number of hydrogen-bond donors (Lipinski definition) is 0. The van der Waals surface area contributed by atoms with Crippen molar-refractivity contribution in [3.63, 3.8) is 0 Å². The van der Waals surface area contributed by atoms with E-state index in [2.05, 4.69) is 0 Å². The Labute approximate surface area is 118 Å². The van der Waals surface area contributed by atoms with Crippen molar-refractivity contribution in [3.8, 4) is 5.75 Å². The number of hydrogen-bond acceptors (Lipinski definition) is 5. The maximum Gasteiger partial charge on any atom is 0.214 e. The molecule has 0 saturated carbocycles. The number of rotatable bonds is 6. The second-order valence-electron chi connectivity index (χ2n) is 4.96. The van der Waals surface area contributed by atoms with Crippen LogP contribution in [0.5, 0.6) is 5.75 Å². The zero-order valence-electron chi connectivity index (χ0n) is 11.6. The van der Waals surface area contributed by atoms with Gasteiger partial charge in [-0.2, -0.15) is 0 Å². The van der Waals surface area contributed by atoms with Crippen LogP contribution in [0.4, 0.5) is 0 Å². The van der Waals surface area contributed by atoms with Crippen LogP contribution in [0.15, 0.2) is 24.3 Å². The third-order valence-corrected chi connectivity index (χ3v) is 3.41. The first-order valence-corrected chi connectivity index (χ1v) is 7.02. The molecule has 2 saturated heterocycles. The van der Waals surface area contributed by atoms with Gasteiger partial charge in [-0.25, -0.2) is 0 Å². The third kappa shape index (κ3) is 3.70. The summed E-state index contributed by atoms with van der Waals surface area (Å²) in [6.07, 6.45) is 2.50. The fraction of sp³-hybridized carbons (Fsp3) is 0.600. The van der Waals surface area contributed by atoms with Crippen LogP contribution in [0, 0.1) is 0 Å². The van der Waals surface area contributed by atoms with E-state index >= 15 is 0 Å². The Hall–Kier alpha value is -1.14. The molecule has 2 heterocycles. The zero-order chi connectivity index (χ0) is 13.8. The first-order valence-electron chi connectivity index (χ1n) is 7.02. The standard InChI is InChI=1S/C15H20O5/c1-16-12-7-5-11(6-8-12)10-18-14-15(20-14)19-13-4-2-3-9-17-13/h5-8,13-15H,2-4,9-10H2,1H3/t13?,14-,15+/m0/s1. The van der Waals surface area contributed by atoms with Crippen LogP contribution in [-0.4, -0.2) is 32.6 Å². The van der Waals surface area contributed by atoms with Gasteiger partial charge in [0, 0.05) is 6.61 Å². The molecule has 0 aliphatic carbocycles. The van der Waals surface area contributed by atoms with Crippen molar-refractivity contribution >= 4 is 0 Å². The average molecular weight is 280 g/mol. The van der Waals surface area contributed by atoms with Crippen LogP contribution in [0.3, 0.4) is 0 Å². The summed E-state index contributed by atoms with van der Waals surface area (Å²) in [4.78, 5) is 0. The van der Waals surface area contributed by atoms with Crippen LogP contribution in [0.1, 0.15) is 24.8 Å². The molecule has 5 nitrogen and oxygen atoms in total. The summed E-state index contributed by atoms with van der Waals surface area (Å²) in [6, 6.07) is 7.77. The molecule has 2 aliphatic heterocycles. The summed E-state index contributed by atoms with van der Waals surface area (Å²) >= 11 is 0. The van der Waals surface area contributed by atoms with Crippen LogP contribution in [0.2, 0.25) is 0 Å². The summed E-state index contributed by atoms with van der Waals surface area (Å²) in [5, 5.41) is 0. The van der Waals surface area contributed by atoms with Crippen molar-refractivity contribution < 1.29 is 23.7 Å². The first-order chi connectivity index (χ1) is 9.85. The normalized spacial score (nSPS) is 29.1. The number of epoxide rings is 1. The van der Waals surface area contributed by atoms with Gasteiger partial charge in [0.15, 0.2) is 6.29 Å². The van der Waals surface area contributed by atoms with Crippen molar-refractivity contribution in [2.45, 2.75) is 44.7 Å². The molecule has 0 bridgehead atoms. The Kier molecular flexibility index (Phi) is 4.52. The van der Waals surface area contributed by atoms with Crippen LogP contribution in [-0.2, 0) is 25.6 Å². The van der Waals surface area contributed by atoms with Gasteiger partial charge < -0.3 is 23.7 Å². The van der Waals surface area contributed by atoms with E-state index < -0.39 is 0 Å². The van der Waals surface area contributed by atoms with Gasteiger partial charge in [-0.05, 0) is 37.0 Å². The van der Waals surface area contributed by atoms with Gasteiger partial charge in [-0.15, -0.1) is 0 Å². The number of ether oxygens (including phenoxy) is 5. The van der Waals surface area contributed by atoms with Gasteiger partial charge in [0.2, 0.25) is 12.6 Å². The van der Waals surface area contributed by atoms with Gasteiger partial charge >= 0.3 is 0 Å². The molecule has 0 aromatic heterocycles. The molecular formula is C15H20O5. The Morgan fingerprint density at radius 2 is 2.00 bits per heavy atom. The van der Waals surface area contributed by atoms with Crippen molar-refractivity contribution in [1.29, 1.82) is 0 Å². The van der Waals surface area contributed by atoms with E-state index in [0.717, 1.165) is 37.2 Å². The molecule has 1 aromatic rings. The van der Waals surface area contributed by atoms with Gasteiger partial charge in [-0.1, -0.05) is 12.1 Å². The second kappa shape index (κ2) is 6.54. The quantitative estimate of drug-likeness (QED) is 0.749. The number of benzene rings is 1. The highest BCUT2D eigenvalue weighted by atomic mass is 16.9. The molecule has 0 spiro atoms. The molecule has 5 heteroatoms. The smallest absolute Gasteiger partial charge is 0.214 e. The first kappa shape index (κ1) is 13.8. The van der Waals surface area contributed by atoms with E-state index in [1.54, 1.807) is 7.11 Å². The Balaban J connectivity index is 1.37. The molecule has 3 atom stereocenters.